The number of amides is 2. The molecular weight excluding hydrogens is 476 g/mol. The largest absolute Gasteiger partial charge is 0.457 e. The van der Waals surface area contributed by atoms with E-state index in [-0.39, 0.29) is 17.6 Å². The summed E-state index contributed by atoms with van der Waals surface area (Å²) in [5.41, 5.74) is 1.47. The molecule has 0 aliphatic carbocycles. The quantitative estimate of drug-likeness (QED) is 0.488. The van der Waals surface area contributed by atoms with E-state index in [1.807, 2.05) is 37.8 Å². The fourth-order valence-electron chi connectivity index (χ4n) is 4.33. The lowest BCUT2D eigenvalue weighted by molar-refractivity contribution is 0.113. The molecule has 36 heavy (non-hydrogen) atoms. The first-order valence-electron chi connectivity index (χ1n) is 12.6. The van der Waals surface area contributed by atoms with E-state index in [9.17, 15) is 13.2 Å². The van der Waals surface area contributed by atoms with Crippen LogP contribution in [-0.4, -0.2) is 61.7 Å². The van der Waals surface area contributed by atoms with Crippen LogP contribution in [0.25, 0.3) is 0 Å². The van der Waals surface area contributed by atoms with Crippen molar-refractivity contribution in [3.63, 3.8) is 0 Å². The lowest BCUT2D eigenvalue weighted by atomic mass is 10.0. The summed E-state index contributed by atoms with van der Waals surface area (Å²) in [5, 5.41) is 3.12. The van der Waals surface area contributed by atoms with Gasteiger partial charge in [-0.25, -0.2) is 13.2 Å². The van der Waals surface area contributed by atoms with Crippen LogP contribution >= 0.6 is 0 Å². The van der Waals surface area contributed by atoms with Gasteiger partial charge in [-0.05, 0) is 82.0 Å². The van der Waals surface area contributed by atoms with Gasteiger partial charge in [-0.2, -0.15) is 0 Å². The minimum Gasteiger partial charge on any atom is -0.457 e. The molecule has 0 unspecified atom stereocenters. The molecule has 2 N–H and O–H groups in total. The summed E-state index contributed by atoms with van der Waals surface area (Å²) >= 11 is 0. The van der Waals surface area contributed by atoms with Crippen molar-refractivity contribution >= 4 is 21.7 Å². The van der Waals surface area contributed by atoms with Gasteiger partial charge in [0.15, 0.2) is 0 Å². The highest BCUT2D eigenvalue weighted by atomic mass is 32.2. The summed E-state index contributed by atoms with van der Waals surface area (Å²) < 4.78 is 31.0. The monoisotopic (exact) mass is 516 g/mol. The van der Waals surface area contributed by atoms with E-state index in [0.29, 0.717) is 11.4 Å². The van der Waals surface area contributed by atoms with Crippen LogP contribution in [0.4, 0.5) is 10.5 Å². The van der Waals surface area contributed by atoms with E-state index < -0.39 is 10.0 Å². The van der Waals surface area contributed by atoms with Gasteiger partial charge in [-0.1, -0.05) is 19.1 Å². The topological polar surface area (TPSA) is 91.0 Å². The third-order valence-corrected chi connectivity index (χ3v) is 6.53. The average molecular weight is 517 g/mol. The highest BCUT2D eigenvalue weighted by Gasteiger charge is 2.29. The van der Waals surface area contributed by atoms with E-state index in [4.69, 9.17) is 4.74 Å². The Kier molecular flexibility index (Phi) is 9.24. The number of ether oxygens (including phenoxy) is 1. The predicted octanol–water partition coefficient (Wildman–Crippen LogP) is 5.03. The summed E-state index contributed by atoms with van der Waals surface area (Å²) in [6.45, 7) is 11.7. The van der Waals surface area contributed by atoms with Gasteiger partial charge < -0.3 is 15.0 Å². The van der Waals surface area contributed by atoms with Gasteiger partial charge in [0.2, 0.25) is 10.0 Å². The van der Waals surface area contributed by atoms with E-state index >= 15 is 0 Å². The highest BCUT2D eigenvalue weighted by Crippen LogP contribution is 2.25. The fourth-order valence-corrected chi connectivity index (χ4v) is 4.90. The number of nitrogens with zero attached hydrogens (tertiary/aromatic N) is 2. The number of hydrogen-bond acceptors (Lipinski definition) is 5. The van der Waals surface area contributed by atoms with E-state index in [1.54, 1.807) is 24.3 Å². The molecule has 1 saturated heterocycles. The maximum Gasteiger partial charge on any atom is 0.318 e. The fraction of sp³-hybridized carbons (Fsp3) is 0.519. The zero-order chi connectivity index (χ0) is 26.3. The van der Waals surface area contributed by atoms with E-state index in [0.717, 1.165) is 57.4 Å². The Morgan fingerprint density at radius 3 is 2.08 bits per heavy atom. The minimum absolute atomic E-state index is 0.0414. The Bertz CT molecular complexity index is 1090. The molecule has 2 aromatic carbocycles. The molecule has 2 aromatic rings. The highest BCUT2D eigenvalue weighted by molar-refractivity contribution is 7.92. The number of likely N-dealkylation sites (tertiary alicyclic amines) is 1. The molecule has 1 aliphatic rings. The zero-order valence-electron chi connectivity index (χ0n) is 22.1. The van der Waals surface area contributed by atoms with Crippen LogP contribution in [0.15, 0.2) is 48.5 Å². The maximum absolute atomic E-state index is 12.8. The summed E-state index contributed by atoms with van der Waals surface area (Å²) in [5.74, 6) is 1.36. The molecule has 8 nitrogen and oxygen atoms in total. The van der Waals surface area contributed by atoms with Gasteiger partial charge in [0.25, 0.3) is 0 Å². The van der Waals surface area contributed by atoms with Crippen molar-refractivity contribution in [3.8, 4) is 11.5 Å². The number of benzene rings is 2. The number of hydrogen-bond donors (Lipinski definition) is 2. The van der Waals surface area contributed by atoms with Crippen molar-refractivity contribution in [2.24, 2.45) is 0 Å². The van der Waals surface area contributed by atoms with Crippen molar-refractivity contribution in [1.82, 2.24) is 15.1 Å². The molecule has 1 fully saturated rings. The molecule has 9 heteroatoms. The van der Waals surface area contributed by atoms with Crippen molar-refractivity contribution in [2.45, 2.75) is 65.1 Å². The number of carbonyl (C=O) groups excluding carboxylic acids is 1. The van der Waals surface area contributed by atoms with Gasteiger partial charge in [-0.3, -0.25) is 9.62 Å². The molecule has 2 amide bonds. The molecule has 198 valence electrons. The molecule has 0 spiro atoms. The maximum atomic E-state index is 12.8. The second kappa shape index (κ2) is 12.0. The van der Waals surface area contributed by atoms with Crippen LogP contribution in [0.1, 0.15) is 52.5 Å². The second-order valence-corrected chi connectivity index (χ2v) is 12.3. The summed E-state index contributed by atoms with van der Waals surface area (Å²) in [4.78, 5) is 17.3. The molecule has 0 aromatic heterocycles. The van der Waals surface area contributed by atoms with E-state index in [1.165, 1.54) is 5.56 Å². The van der Waals surface area contributed by atoms with Crippen molar-refractivity contribution in [3.05, 3.63) is 54.1 Å². The number of rotatable bonds is 9. The Morgan fingerprint density at radius 2 is 1.58 bits per heavy atom. The number of piperidine rings is 1. The average Bonchev–Trinajstić information content (AvgIpc) is 2.79. The lowest BCUT2D eigenvalue weighted by Crippen LogP contribution is -2.54. The normalized spacial score (nSPS) is 15.4. The number of sulfonamides is 1. The Labute approximate surface area is 216 Å². The molecule has 1 heterocycles. The van der Waals surface area contributed by atoms with Gasteiger partial charge >= 0.3 is 6.03 Å². The SMILES string of the molecule is CCCN(C(=O)NC(C)(C)C)C1CCN(Cc2ccc(Oc3ccc(NS(C)(=O)=O)cc3)cc2)CC1. The van der Waals surface area contributed by atoms with Crippen LogP contribution in [0.5, 0.6) is 11.5 Å². The van der Waals surface area contributed by atoms with Gasteiger partial charge in [0.05, 0.1) is 6.26 Å². The molecule has 0 radical (unpaired) electrons. The Morgan fingerprint density at radius 1 is 1.03 bits per heavy atom. The lowest BCUT2D eigenvalue weighted by Gasteiger charge is -2.39. The van der Waals surface area contributed by atoms with Crippen LogP contribution in [0.2, 0.25) is 0 Å². The number of nitrogens with one attached hydrogen (secondary N) is 2. The van der Waals surface area contributed by atoms with Crippen LogP contribution < -0.4 is 14.8 Å². The number of carbonyl (C=O) groups is 1. The smallest absolute Gasteiger partial charge is 0.318 e. The van der Waals surface area contributed by atoms with Crippen LogP contribution in [0, 0.1) is 0 Å². The first-order valence-corrected chi connectivity index (χ1v) is 14.5. The van der Waals surface area contributed by atoms with Crippen molar-refractivity contribution < 1.29 is 17.9 Å². The second-order valence-electron chi connectivity index (χ2n) is 10.5. The van der Waals surface area contributed by atoms with Gasteiger partial charge in [0, 0.05) is 43.4 Å². The van der Waals surface area contributed by atoms with Crippen LogP contribution in [-0.2, 0) is 16.6 Å². The van der Waals surface area contributed by atoms with Gasteiger partial charge in [0.1, 0.15) is 11.5 Å². The number of anilines is 1. The predicted molar refractivity (Wildman–Crippen MR) is 145 cm³/mol. The minimum atomic E-state index is -3.30. The first kappa shape index (κ1) is 27.8. The summed E-state index contributed by atoms with van der Waals surface area (Å²) in [6, 6.07) is 15.2. The first-order chi connectivity index (χ1) is 16.9. The molecule has 1 aliphatic heterocycles. The number of urea groups is 1. The third-order valence-electron chi connectivity index (χ3n) is 5.93. The van der Waals surface area contributed by atoms with Gasteiger partial charge in [-0.15, -0.1) is 0 Å². The molecule has 0 atom stereocenters. The standard InChI is InChI=1S/C27H40N4O4S/c1-6-17-31(26(32)28-27(2,3)4)23-15-18-30(19-16-23)20-21-7-11-24(12-8-21)35-25-13-9-22(10-14-25)29-36(5,33)34/h7-14,23,29H,6,15-20H2,1-5H3,(H,28,32). The molecule has 0 saturated carbocycles. The molecular formula is C27H40N4O4S. The third kappa shape index (κ3) is 9.02. The summed E-state index contributed by atoms with van der Waals surface area (Å²) in [6.07, 6.45) is 4.02. The zero-order valence-corrected chi connectivity index (χ0v) is 22.9. The van der Waals surface area contributed by atoms with Crippen molar-refractivity contribution in [2.75, 3.05) is 30.6 Å². The summed E-state index contributed by atoms with van der Waals surface area (Å²) in [7, 11) is -3.30. The molecule has 3 rings (SSSR count). The van der Waals surface area contributed by atoms with Crippen molar-refractivity contribution in [1.29, 1.82) is 0 Å². The van der Waals surface area contributed by atoms with E-state index in [2.05, 4.69) is 34.0 Å². The Balaban J connectivity index is 1.50. The Hall–Kier alpha value is -2.78. The molecule has 0 bridgehead atoms. The van der Waals surface area contributed by atoms with Crippen LogP contribution in [0.3, 0.4) is 0 Å².